The summed E-state index contributed by atoms with van der Waals surface area (Å²) in [6, 6.07) is 11.8. The number of rotatable bonds is 3. The van der Waals surface area contributed by atoms with E-state index in [1.165, 1.54) is 24.0 Å². The van der Waals surface area contributed by atoms with Gasteiger partial charge >= 0.3 is 5.97 Å². The third-order valence-electron chi connectivity index (χ3n) is 6.47. The van der Waals surface area contributed by atoms with Gasteiger partial charge in [-0.3, -0.25) is 0 Å². The second-order valence-electron chi connectivity index (χ2n) is 9.41. The molecule has 148 valence electrons. The molecule has 1 aliphatic heterocycles. The highest BCUT2D eigenvalue weighted by molar-refractivity contribution is 5.87. The number of hydrogen-bond donors (Lipinski definition) is 1. The lowest BCUT2D eigenvalue weighted by Gasteiger charge is -2.43. The minimum atomic E-state index is -0.889. The first-order valence-corrected chi connectivity index (χ1v) is 10.1. The maximum Gasteiger partial charge on any atom is 0.335 e. The van der Waals surface area contributed by atoms with Gasteiger partial charge in [-0.2, -0.15) is 0 Å². The van der Waals surface area contributed by atoms with E-state index in [1.54, 1.807) is 12.1 Å². The highest BCUT2D eigenvalue weighted by Gasteiger charge is 2.38. The van der Waals surface area contributed by atoms with Crippen molar-refractivity contribution in [3.8, 4) is 5.75 Å². The molecule has 4 nitrogen and oxygen atoms in total. The van der Waals surface area contributed by atoms with Gasteiger partial charge in [-0.25, -0.2) is 4.79 Å². The third kappa shape index (κ3) is 3.25. The van der Waals surface area contributed by atoms with Crippen LogP contribution in [0, 0.1) is 0 Å². The largest absolute Gasteiger partial charge is 0.490 e. The zero-order chi connectivity index (χ0) is 20.1. The Balaban J connectivity index is 1.70. The predicted molar refractivity (Wildman–Crippen MR) is 112 cm³/mol. The summed E-state index contributed by atoms with van der Waals surface area (Å²) in [4.78, 5) is 13.4. The van der Waals surface area contributed by atoms with Gasteiger partial charge in [0.2, 0.25) is 0 Å². The van der Waals surface area contributed by atoms with E-state index in [0.717, 1.165) is 30.1 Å². The van der Waals surface area contributed by atoms with Crippen molar-refractivity contribution >= 4 is 11.7 Å². The summed E-state index contributed by atoms with van der Waals surface area (Å²) in [6.07, 6.45) is 2.37. The summed E-state index contributed by atoms with van der Waals surface area (Å²) >= 11 is 0. The first-order chi connectivity index (χ1) is 13.2. The van der Waals surface area contributed by atoms with E-state index in [2.05, 4.69) is 44.7 Å². The van der Waals surface area contributed by atoms with E-state index in [9.17, 15) is 4.79 Å². The Labute approximate surface area is 167 Å². The molecule has 2 aliphatic rings. The lowest BCUT2D eigenvalue weighted by Crippen LogP contribution is -2.36. The van der Waals surface area contributed by atoms with Gasteiger partial charge in [-0.15, -0.1) is 0 Å². The first kappa shape index (κ1) is 18.9. The van der Waals surface area contributed by atoms with Crippen LogP contribution in [0.15, 0.2) is 36.4 Å². The first-order valence-electron chi connectivity index (χ1n) is 10.1. The fourth-order valence-corrected chi connectivity index (χ4v) is 4.47. The van der Waals surface area contributed by atoms with Crippen molar-refractivity contribution in [2.75, 3.05) is 18.1 Å². The van der Waals surface area contributed by atoms with Gasteiger partial charge in [0.15, 0.2) is 0 Å². The Morgan fingerprint density at radius 3 is 2.25 bits per heavy atom. The van der Waals surface area contributed by atoms with Crippen LogP contribution < -0.4 is 9.64 Å². The Bertz CT molecular complexity index is 912. The number of anilines is 1. The molecule has 28 heavy (non-hydrogen) atoms. The van der Waals surface area contributed by atoms with E-state index >= 15 is 0 Å². The van der Waals surface area contributed by atoms with Crippen LogP contribution >= 0.6 is 0 Å². The fraction of sp³-hybridized carbons (Fsp3) is 0.458. The molecule has 0 spiro atoms. The standard InChI is InChI=1S/C24H29NO3/c1-23(2)9-10-24(3,4)19-14-21-20(13-18(19)23)25(11-12-28-21)15-16-5-7-17(8-6-16)22(26)27/h5-8,13-14H,9-12,15H2,1-4H3,(H,26,27). The molecule has 1 aliphatic carbocycles. The molecule has 0 atom stereocenters. The Morgan fingerprint density at radius 1 is 1.04 bits per heavy atom. The number of hydrogen-bond acceptors (Lipinski definition) is 3. The lowest BCUT2D eigenvalue weighted by atomic mass is 9.63. The quantitative estimate of drug-likeness (QED) is 0.803. The van der Waals surface area contributed by atoms with Crippen molar-refractivity contribution in [1.29, 1.82) is 0 Å². The number of fused-ring (bicyclic) bond motifs is 2. The van der Waals surface area contributed by atoms with Crippen LogP contribution in [0.4, 0.5) is 5.69 Å². The van der Waals surface area contributed by atoms with Gasteiger partial charge < -0.3 is 14.7 Å². The van der Waals surface area contributed by atoms with E-state index < -0.39 is 5.97 Å². The molecule has 0 radical (unpaired) electrons. The highest BCUT2D eigenvalue weighted by atomic mass is 16.5. The van der Waals surface area contributed by atoms with Gasteiger partial charge in [0.1, 0.15) is 12.4 Å². The van der Waals surface area contributed by atoms with Crippen LogP contribution in [0.25, 0.3) is 0 Å². The zero-order valence-electron chi connectivity index (χ0n) is 17.2. The molecule has 0 unspecified atom stereocenters. The van der Waals surface area contributed by atoms with Crippen molar-refractivity contribution in [2.45, 2.75) is 57.9 Å². The van der Waals surface area contributed by atoms with Gasteiger partial charge in [0.05, 0.1) is 17.8 Å². The van der Waals surface area contributed by atoms with Crippen LogP contribution in [0.1, 0.15) is 67.6 Å². The molecule has 0 saturated heterocycles. The van der Waals surface area contributed by atoms with E-state index in [0.29, 0.717) is 12.2 Å². The number of carbonyl (C=O) groups is 1. The van der Waals surface area contributed by atoms with Gasteiger partial charge in [0, 0.05) is 6.54 Å². The Hall–Kier alpha value is -2.49. The number of nitrogens with zero attached hydrogens (tertiary/aromatic N) is 1. The van der Waals surface area contributed by atoms with Crippen LogP contribution in [0.5, 0.6) is 5.75 Å². The summed E-state index contributed by atoms with van der Waals surface area (Å²) < 4.78 is 6.05. The SMILES string of the molecule is CC1(C)CCC(C)(C)c2cc3c(cc21)OCCN3Cc1ccc(C(=O)O)cc1. The molecule has 0 saturated carbocycles. The molecule has 0 fully saturated rings. The Kier molecular flexibility index (Phi) is 4.40. The third-order valence-corrected chi connectivity index (χ3v) is 6.47. The normalized spacial score (nSPS) is 19.4. The molecule has 4 rings (SSSR count). The van der Waals surface area contributed by atoms with E-state index in [4.69, 9.17) is 9.84 Å². The monoisotopic (exact) mass is 379 g/mol. The topological polar surface area (TPSA) is 49.8 Å². The lowest BCUT2D eigenvalue weighted by molar-refractivity contribution is 0.0697. The molecule has 1 N–H and O–H groups in total. The van der Waals surface area contributed by atoms with E-state index in [-0.39, 0.29) is 10.8 Å². The molecule has 1 heterocycles. The molecule has 2 aromatic carbocycles. The summed E-state index contributed by atoms with van der Waals surface area (Å²) in [5, 5.41) is 9.10. The highest BCUT2D eigenvalue weighted by Crippen LogP contribution is 2.49. The summed E-state index contributed by atoms with van der Waals surface area (Å²) in [6.45, 7) is 11.6. The van der Waals surface area contributed by atoms with E-state index in [1.807, 2.05) is 12.1 Å². The van der Waals surface area contributed by atoms with Crippen molar-refractivity contribution in [2.24, 2.45) is 0 Å². The Morgan fingerprint density at radius 2 is 1.64 bits per heavy atom. The molecule has 4 heteroatoms. The number of ether oxygens (including phenoxy) is 1. The molecule has 2 aromatic rings. The minimum absolute atomic E-state index is 0.159. The summed E-state index contributed by atoms with van der Waals surface area (Å²) in [7, 11) is 0. The van der Waals surface area contributed by atoms with Crippen molar-refractivity contribution in [3.63, 3.8) is 0 Å². The van der Waals surface area contributed by atoms with Crippen LogP contribution in [0.3, 0.4) is 0 Å². The van der Waals surface area contributed by atoms with Crippen molar-refractivity contribution in [1.82, 2.24) is 0 Å². The number of aromatic carboxylic acids is 1. The maximum absolute atomic E-state index is 11.1. The second-order valence-corrected chi connectivity index (χ2v) is 9.41. The average Bonchev–Trinajstić information content (AvgIpc) is 2.65. The zero-order valence-corrected chi connectivity index (χ0v) is 17.2. The maximum atomic E-state index is 11.1. The number of carboxylic acid groups (broad SMARTS) is 1. The van der Waals surface area contributed by atoms with Gasteiger partial charge in [-0.05, 0) is 64.6 Å². The minimum Gasteiger partial charge on any atom is -0.490 e. The van der Waals surface area contributed by atoms with Crippen LogP contribution in [-0.4, -0.2) is 24.2 Å². The smallest absolute Gasteiger partial charge is 0.335 e. The number of benzene rings is 2. The second kappa shape index (κ2) is 6.54. The van der Waals surface area contributed by atoms with Crippen molar-refractivity contribution < 1.29 is 14.6 Å². The average molecular weight is 380 g/mol. The van der Waals surface area contributed by atoms with Gasteiger partial charge in [0.25, 0.3) is 0 Å². The van der Waals surface area contributed by atoms with Crippen LogP contribution in [-0.2, 0) is 17.4 Å². The number of carboxylic acids is 1. The van der Waals surface area contributed by atoms with Gasteiger partial charge in [-0.1, -0.05) is 39.8 Å². The molecule has 0 aromatic heterocycles. The molecule has 0 bridgehead atoms. The molecular weight excluding hydrogens is 350 g/mol. The fourth-order valence-electron chi connectivity index (χ4n) is 4.47. The molecular formula is C24H29NO3. The van der Waals surface area contributed by atoms with Crippen molar-refractivity contribution in [3.05, 3.63) is 58.7 Å². The van der Waals surface area contributed by atoms with Crippen LogP contribution in [0.2, 0.25) is 0 Å². The summed E-state index contributed by atoms with van der Waals surface area (Å²) in [5.41, 5.74) is 5.75. The molecule has 0 amide bonds. The predicted octanol–water partition coefficient (Wildman–Crippen LogP) is 5.13. The summed E-state index contributed by atoms with van der Waals surface area (Å²) in [5.74, 6) is 0.0812.